The minimum absolute atomic E-state index is 0.266. The summed E-state index contributed by atoms with van der Waals surface area (Å²) in [5.74, 6) is 1.43. The zero-order valence-corrected chi connectivity index (χ0v) is 18.7. The molecule has 4 rings (SSSR count). The van der Waals surface area contributed by atoms with Crippen molar-refractivity contribution in [1.29, 1.82) is 0 Å². The van der Waals surface area contributed by atoms with Crippen molar-refractivity contribution in [2.24, 2.45) is 7.05 Å². The van der Waals surface area contributed by atoms with Gasteiger partial charge in [0, 0.05) is 25.0 Å². The van der Waals surface area contributed by atoms with Crippen LogP contribution in [0.15, 0.2) is 52.1 Å². The molecule has 0 bridgehead atoms. The van der Waals surface area contributed by atoms with Crippen LogP contribution in [-0.4, -0.2) is 25.8 Å². The third-order valence-electron chi connectivity index (χ3n) is 5.19. The Bertz CT molecular complexity index is 1400. The molecule has 0 saturated carbocycles. The Labute approximate surface area is 188 Å². The summed E-state index contributed by atoms with van der Waals surface area (Å²) in [4.78, 5) is 30.8. The molecule has 31 heavy (non-hydrogen) atoms. The molecule has 160 valence electrons. The Morgan fingerprint density at radius 2 is 1.77 bits per heavy atom. The predicted molar refractivity (Wildman–Crippen MR) is 122 cm³/mol. The van der Waals surface area contributed by atoms with Gasteiger partial charge in [-0.1, -0.05) is 42.3 Å². The molecule has 0 aliphatic heterocycles. The van der Waals surface area contributed by atoms with Gasteiger partial charge in [-0.15, -0.1) is 0 Å². The van der Waals surface area contributed by atoms with Crippen LogP contribution in [0.5, 0.6) is 5.75 Å². The number of aryl methyl sites for hydroxylation is 1. The summed E-state index contributed by atoms with van der Waals surface area (Å²) in [6, 6.07) is 12.4. The van der Waals surface area contributed by atoms with Crippen LogP contribution >= 0.6 is 23.2 Å². The lowest BCUT2D eigenvalue weighted by Gasteiger charge is -2.12. The van der Waals surface area contributed by atoms with Crippen LogP contribution in [-0.2, 0) is 20.0 Å². The Morgan fingerprint density at radius 1 is 1.06 bits per heavy atom. The highest BCUT2D eigenvalue weighted by molar-refractivity contribution is 6.35. The first-order valence-corrected chi connectivity index (χ1v) is 10.4. The average Bonchev–Trinajstić information content (AvgIpc) is 3.12. The Kier molecular flexibility index (Phi) is 5.64. The number of benzene rings is 2. The van der Waals surface area contributed by atoms with Gasteiger partial charge in [0.15, 0.2) is 11.2 Å². The molecule has 4 aromatic rings. The number of ether oxygens (including phenoxy) is 1. The van der Waals surface area contributed by atoms with Crippen LogP contribution in [0.3, 0.4) is 0 Å². The minimum atomic E-state index is -0.529. The molecule has 0 N–H and O–H groups in total. The highest BCUT2D eigenvalue weighted by Gasteiger charge is 2.22. The topological polar surface area (TPSA) is 71.0 Å². The summed E-state index contributed by atoms with van der Waals surface area (Å²) in [5, 5.41) is 0.736. The summed E-state index contributed by atoms with van der Waals surface area (Å²) >= 11 is 12.4. The molecule has 0 radical (unpaired) electrons. The fourth-order valence-corrected chi connectivity index (χ4v) is 4.07. The second-order valence-corrected chi connectivity index (χ2v) is 7.91. The Morgan fingerprint density at radius 3 is 2.39 bits per heavy atom. The van der Waals surface area contributed by atoms with E-state index < -0.39 is 11.2 Å². The van der Waals surface area contributed by atoms with Gasteiger partial charge in [-0.3, -0.25) is 9.36 Å². The molecule has 0 atom stereocenters. The van der Waals surface area contributed by atoms with E-state index in [2.05, 4.69) is 4.98 Å². The lowest BCUT2D eigenvalue weighted by molar-refractivity contribution is 0.414. The van der Waals surface area contributed by atoms with Gasteiger partial charge in [-0.2, -0.15) is 0 Å². The van der Waals surface area contributed by atoms with Gasteiger partial charge >= 0.3 is 5.69 Å². The van der Waals surface area contributed by atoms with Crippen LogP contribution in [0.25, 0.3) is 16.9 Å². The normalized spacial score (nSPS) is 11.3. The molecule has 9 heteroatoms. The average molecular weight is 459 g/mol. The van der Waals surface area contributed by atoms with Crippen molar-refractivity contribution in [2.45, 2.75) is 19.9 Å². The van der Waals surface area contributed by atoms with E-state index in [0.29, 0.717) is 35.0 Å². The van der Waals surface area contributed by atoms with E-state index in [1.54, 1.807) is 25.3 Å². The molecular formula is C22H20Cl2N4O3. The maximum absolute atomic E-state index is 13.1. The monoisotopic (exact) mass is 458 g/mol. The maximum atomic E-state index is 13.1. The number of nitrogens with zero attached hydrogens (tertiary/aromatic N) is 4. The number of imidazole rings is 1. The molecular weight excluding hydrogens is 439 g/mol. The van der Waals surface area contributed by atoms with E-state index in [1.807, 2.05) is 35.8 Å². The number of hydrogen-bond acceptors (Lipinski definition) is 4. The first kappa shape index (κ1) is 21.2. The number of hydrogen-bond donors (Lipinski definition) is 0. The second-order valence-electron chi connectivity index (χ2n) is 7.07. The molecule has 2 aromatic heterocycles. The van der Waals surface area contributed by atoms with Crippen molar-refractivity contribution in [2.75, 3.05) is 7.11 Å². The molecule has 0 aliphatic rings. The van der Waals surface area contributed by atoms with Gasteiger partial charge in [0.1, 0.15) is 11.6 Å². The standard InChI is InChI=1S/C22H20Cl2N4O3/c1-4-18-25-20-19(27(18)12-13-5-8-15(31-3)9-6-13)21(29)26(2)22(30)28(20)17-10-7-14(23)11-16(17)24/h5-11H,4,12H2,1-3H3. The lowest BCUT2D eigenvalue weighted by atomic mass is 10.2. The van der Waals surface area contributed by atoms with Crippen molar-refractivity contribution in [1.82, 2.24) is 18.7 Å². The number of rotatable bonds is 5. The van der Waals surface area contributed by atoms with Crippen LogP contribution in [0, 0.1) is 0 Å². The summed E-state index contributed by atoms with van der Waals surface area (Å²) < 4.78 is 9.49. The van der Waals surface area contributed by atoms with Crippen LogP contribution in [0.4, 0.5) is 0 Å². The number of methoxy groups -OCH3 is 1. The fraction of sp³-hybridized carbons (Fsp3) is 0.227. The molecule has 0 spiro atoms. The fourth-order valence-electron chi connectivity index (χ4n) is 3.57. The second kappa shape index (κ2) is 8.24. The molecule has 0 aliphatic carbocycles. The zero-order valence-electron chi connectivity index (χ0n) is 17.2. The lowest BCUT2D eigenvalue weighted by Crippen LogP contribution is -2.38. The molecule has 0 amide bonds. The largest absolute Gasteiger partial charge is 0.497 e. The van der Waals surface area contributed by atoms with Crippen molar-refractivity contribution >= 4 is 34.4 Å². The third kappa shape index (κ3) is 3.64. The van der Waals surface area contributed by atoms with Gasteiger partial charge in [-0.25, -0.2) is 14.3 Å². The SMILES string of the molecule is CCc1nc2c(c(=O)n(C)c(=O)n2-c2ccc(Cl)cc2Cl)n1Cc1ccc(OC)cc1. The van der Waals surface area contributed by atoms with E-state index in [-0.39, 0.29) is 10.7 Å². The molecule has 7 nitrogen and oxygen atoms in total. The Balaban J connectivity index is 2.01. The quantitative estimate of drug-likeness (QED) is 0.455. The highest BCUT2D eigenvalue weighted by atomic mass is 35.5. The first-order chi connectivity index (χ1) is 14.8. The van der Waals surface area contributed by atoms with Gasteiger partial charge in [0.05, 0.1) is 17.8 Å². The van der Waals surface area contributed by atoms with E-state index in [4.69, 9.17) is 27.9 Å². The van der Waals surface area contributed by atoms with Gasteiger partial charge in [-0.05, 0) is 35.9 Å². The van der Waals surface area contributed by atoms with Crippen molar-refractivity contribution < 1.29 is 4.74 Å². The maximum Gasteiger partial charge on any atom is 0.337 e. The summed E-state index contributed by atoms with van der Waals surface area (Å²) in [6.45, 7) is 2.37. The zero-order chi connectivity index (χ0) is 22.3. The molecule has 0 unspecified atom stereocenters. The number of halogens is 2. The highest BCUT2D eigenvalue weighted by Crippen LogP contribution is 2.26. The third-order valence-corrected chi connectivity index (χ3v) is 5.73. The van der Waals surface area contributed by atoms with E-state index >= 15 is 0 Å². The molecule has 0 saturated heterocycles. The minimum Gasteiger partial charge on any atom is -0.497 e. The predicted octanol–water partition coefficient (Wildman–Crippen LogP) is 3.81. The Hall–Kier alpha value is -3.03. The van der Waals surface area contributed by atoms with Gasteiger partial charge in [0.2, 0.25) is 0 Å². The molecule has 2 aromatic carbocycles. The summed E-state index contributed by atoms with van der Waals surface area (Å²) in [5.41, 5.74) is 1.04. The van der Waals surface area contributed by atoms with Crippen molar-refractivity contribution in [3.63, 3.8) is 0 Å². The van der Waals surface area contributed by atoms with Gasteiger partial charge in [0.25, 0.3) is 5.56 Å². The van der Waals surface area contributed by atoms with E-state index in [1.165, 1.54) is 11.6 Å². The van der Waals surface area contributed by atoms with Crippen LogP contribution in [0.1, 0.15) is 18.3 Å². The van der Waals surface area contributed by atoms with Crippen molar-refractivity contribution in [3.05, 3.63) is 84.7 Å². The first-order valence-electron chi connectivity index (χ1n) is 9.65. The smallest absolute Gasteiger partial charge is 0.337 e. The molecule has 2 heterocycles. The van der Waals surface area contributed by atoms with Gasteiger partial charge < -0.3 is 9.30 Å². The van der Waals surface area contributed by atoms with Crippen LogP contribution in [0.2, 0.25) is 10.0 Å². The van der Waals surface area contributed by atoms with Crippen molar-refractivity contribution in [3.8, 4) is 11.4 Å². The summed E-state index contributed by atoms with van der Waals surface area (Å²) in [6.07, 6.45) is 0.580. The van der Waals surface area contributed by atoms with Crippen LogP contribution < -0.4 is 16.0 Å². The summed E-state index contributed by atoms with van der Waals surface area (Å²) in [7, 11) is 3.05. The van der Waals surface area contributed by atoms with E-state index in [9.17, 15) is 9.59 Å². The number of fused-ring (bicyclic) bond motifs is 1. The van der Waals surface area contributed by atoms with E-state index in [0.717, 1.165) is 15.9 Å². The number of aromatic nitrogens is 4. The molecule has 0 fully saturated rings.